The van der Waals surface area contributed by atoms with E-state index in [9.17, 15) is 5.26 Å². The summed E-state index contributed by atoms with van der Waals surface area (Å²) in [7, 11) is 0. The molecule has 1 aliphatic rings. The molecule has 4 aromatic rings. The van der Waals surface area contributed by atoms with Gasteiger partial charge in [-0.15, -0.1) is 0 Å². The molecule has 0 aliphatic carbocycles. The van der Waals surface area contributed by atoms with Crippen molar-refractivity contribution in [2.24, 2.45) is 0 Å². The zero-order chi connectivity index (χ0) is 16.8. The summed E-state index contributed by atoms with van der Waals surface area (Å²) in [4.78, 5) is 4.55. The Morgan fingerprint density at radius 2 is 2.00 bits per heavy atom. The number of nitrogens with zero attached hydrogens (tertiary/aromatic N) is 4. The van der Waals surface area contributed by atoms with Gasteiger partial charge in [-0.2, -0.15) is 10.4 Å². The van der Waals surface area contributed by atoms with Crippen molar-refractivity contribution in [3.05, 3.63) is 83.8 Å². The number of para-hydroxylation sites is 1. The van der Waals surface area contributed by atoms with Gasteiger partial charge in [-0.1, -0.05) is 30.3 Å². The van der Waals surface area contributed by atoms with Crippen LogP contribution in [0.25, 0.3) is 16.8 Å². The first kappa shape index (κ1) is 13.8. The molecule has 3 heterocycles. The van der Waals surface area contributed by atoms with E-state index in [1.807, 2.05) is 47.1 Å². The van der Waals surface area contributed by atoms with Crippen LogP contribution in [-0.2, 0) is 0 Å². The fourth-order valence-corrected chi connectivity index (χ4v) is 3.51. The van der Waals surface area contributed by atoms with Crippen LogP contribution in [0.3, 0.4) is 0 Å². The predicted molar refractivity (Wildman–Crippen MR) is 95.0 cm³/mol. The van der Waals surface area contributed by atoms with E-state index in [0.717, 1.165) is 33.6 Å². The van der Waals surface area contributed by atoms with Gasteiger partial charge in [-0.05, 0) is 29.8 Å². The molecule has 0 spiro atoms. The molecule has 0 saturated heterocycles. The smallest absolute Gasteiger partial charge is 0.137 e. The molecule has 2 aromatic heterocycles. The van der Waals surface area contributed by atoms with Crippen molar-refractivity contribution < 1.29 is 0 Å². The number of nitrogens with one attached hydrogen (secondary N) is 1. The maximum atomic E-state index is 9.25. The van der Waals surface area contributed by atoms with Gasteiger partial charge in [0.25, 0.3) is 0 Å². The van der Waals surface area contributed by atoms with Crippen LogP contribution < -0.4 is 5.32 Å². The van der Waals surface area contributed by atoms with Gasteiger partial charge < -0.3 is 5.32 Å². The number of hydrogen-bond donors (Lipinski definition) is 1. The van der Waals surface area contributed by atoms with Gasteiger partial charge in [0.15, 0.2) is 0 Å². The molecule has 5 nitrogen and oxygen atoms in total. The fourth-order valence-electron chi connectivity index (χ4n) is 3.51. The van der Waals surface area contributed by atoms with E-state index in [2.05, 4.69) is 39.7 Å². The van der Waals surface area contributed by atoms with E-state index < -0.39 is 0 Å². The van der Waals surface area contributed by atoms with Crippen molar-refractivity contribution in [2.75, 3.05) is 5.32 Å². The molecule has 1 aliphatic heterocycles. The third kappa shape index (κ3) is 2.01. The molecule has 0 bridgehead atoms. The summed E-state index contributed by atoms with van der Waals surface area (Å²) < 4.78 is 1.86. The highest BCUT2D eigenvalue weighted by atomic mass is 15.2. The normalized spacial score (nSPS) is 15.1. The average Bonchev–Trinajstić information content (AvgIpc) is 3.04. The van der Waals surface area contributed by atoms with Crippen LogP contribution in [0.1, 0.15) is 22.7 Å². The van der Waals surface area contributed by atoms with Gasteiger partial charge in [0, 0.05) is 23.0 Å². The summed E-state index contributed by atoms with van der Waals surface area (Å²) in [5.74, 6) is 0. The van der Waals surface area contributed by atoms with Gasteiger partial charge in [0.05, 0.1) is 23.2 Å². The maximum absolute atomic E-state index is 9.25. The summed E-state index contributed by atoms with van der Waals surface area (Å²) >= 11 is 0. The monoisotopic (exact) mass is 323 g/mol. The Bertz CT molecular complexity index is 1150. The predicted octanol–water partition coefficient (Wildman–Crippen LogP) is 3.78. The first-order valence-electron chi connectivity index (χ1n) is 8.03. The lowest BCUT2D eigenvalue weighted by Crippen LogP contribution is -2.11. The number of benzene rings is 2. The van der Waals surface area contributed by atoms with Crippen molar-refractivity contribution in [3.63, 3.8) is 0 Å². The molecular weight excluding hydrogens is 310 g/mol. The van der Waals surface area contributed by atoms with Gasteiger partial charge in [-0.3, -0.25) is 0 Å². The molecule has 0 fully saturated rings. The topological polar surface area (TPSA) is 66.0 Å². The fraction of sp³-hybridized carbons (Fsp3) is 0.0500. The first-order valence-corrected chi connectivity index (χ1v) is 8.03. The van der Waals surface area contributed by atoms with Crippen LogP contribution in [0.15, 0.2) is 67.1 Å². The second-order valence-corrected chi connectivity index (χ2v) is 6.03. The second-order valence-electron chi connectivity index (χ2n) is 6.03. The van der Waals surface area contributed by atoms with Crippen molar-refractivity contribution in [3.8, 4) is 17.3 Å². The molecule has 118 valence electrons. The Kier molecular flexibility index (Phi) is 2.85. The molecule has 1 N–H and O–H groups in total. The molecule has 0 saturated carbocycles. The van der Waals surface area contributed by atoms with Gasteiger partial charge in [0.2, 0.25) is 0 Å². The van der Waals surface area contributed by atoms with Crippen molar-refractivity contribution in [1.82, 2.24) is 14.6 Å². The lowest BCUT2D eigenvalue weighted by molar-refractivity contribution is 0.899. The summed E-state index contributed by atoms with van der Waals surface area (Å²) in [5, 5.41) is 17.2. The zero-order valence-corrected chi connectivity index (χ0v) is 13.2. The average molecular weight is 323 g/mol. The standard InChI is InChI=1S/C20H13N5/c21-11-13-4-3-5-14(10-13)18-16-8-9-25-20(16)19(22-12-23-25)15-6-1-2-7-17(15)24-18/h1-10,12,18,24H. The Labute approximate surface area is 144 Å². The minimum atomic E-state index is -0.0771. The molecular formula is C20H13N5. The molecule has 1 unspecified atom stereocenters. The van der Waals surface area contributed by atoms with E-state index in [1.165, 1.54) is 0 Å². The molecule has 0 radical (unpaired) electrons. The highest BCUT2D eigenvalue weighted by molar-refractivity contribution is 5.89. The zero-order valence-electron chi connectivity index (χ0n) is 13.2. The molecule has 2 aromatic carbocycles. The number of aromatic nitrogens is 3. The van der Waals surface area contributed by atoms with Crippen molar-refractivity contribution in [2.45, 2.75) is 6.04 Å². The van der Waals surface area contributed by atoms with Gasteiger partial charge in [-0.25, -0.2) is 9.50 Å². The number of nitriles is 1. The summed E-state index contributed by atoms with van der Waals surface area (Å²) in [6.07, 6.45) is 3.53. The highest BCUT2D eigenvalue weighted by Crippen LogP contribution is 2.41. The van der Waals surface area contributed by atoms with Crippen LogP contribution in [-0.4, -0.2) is 14.6 Å². The van der Waals surface area contributed by atoms with Crippen molar-refractivity contribution >= 4 is 11.2 Å². The number of anilines is 1. The Balaban J connectivity index is 1.83. The van der Waals surface area contributed by atoms with Crippen molar-refractivity contribution in [1.29, 1.82) is 5.26 Å². The number of rotatable bonds is 1. The lowest BCUT2D eigenvalue weighted by Gasteiger charge is -2.19. The van der Waals surface area contributed by atoms with Crippen LogP contribution >= 0.6 is 0 Å². The van der Waals surface area contributed by atoms with E-state index in [4.69, 9.17) is 0 Å². The van der Waals surface area contributed by atoms with Crippen LogP contribution in [0.5, 0.6) is 0 Å². The first-order chi connectivity index (χ1) is 12.3. The molecule has 1 atom stereocenters. The van der Waals surface area contributed by atoms with Gasteiger partial charge >= 0.3 is 0 Å². The lowest BCUT2D eigenvalue weighted by atomic mass is 9.98. The van der Waals surface area contributed by atoms with E-state index in [1.54, 1.807) is 6.33 Å². The minimum absolute atomic E-state index is 0.0771. The Morgan fingerprint density at radius 1 is 1.08 bits per heavy atom. The third-order valence-corrected chi connectivity index (χ3v) is 4.63. The minimum Gasteiger partial charge on any atom is -0.374 e. The summed E-state index contributed by atoms with van der Waals surface area (Å²) in [6.45, 7) is 0. The summed E-state index contributed by atoms with van der Waals surface area (Å²) in [6, 6.07) is 20.1. The number of hydrogen-bond acceptors (Lipinski definition) is 4. The molecule has 0 amide bonds. The van der Waals surface area contributed by atoms with E-state index in [0.29, 0.717) is 5.56 Å². The SMILES string of the molecule is N#Cc1cccc(C2Nc3ccccc3-c3ncnn4ccc2c34)c1. The quantitative estimate of drug-likeness (QED) is 0.579. The molecule has 5 heteroatoms. The Hall–Kier alpha value is -3.65. The van der Waals surface area contributed by atoms with E-state index >= 15 is 0 Å². The molecule has 5 rings (SSSR count). The summed E-state index contributed by atoms with van der Waals surface area (Å²) in [5.41, 5.74) is 6.77. The second kappa shape index (κ2) is 5.18. The maximum Gasteiger partial charge on any atom is 0.137 e. The Morgan fingerprint density at radius 3 is 2.92 bits per heavy atom. The van der Waals surface area contributed by atoms with Crippen LogP contribution in [0.4, 0.5) is 5.69 Å². The highest BCUT2D eigenvalue weighted by Gasteiger charge is 2.26. The van der Waals surface area contributed by atoms with Crippen LogP contribution in [0, 0.1) is 11.3 Å². The van der Waals surface area contributed by atoms with Gasteiger partial charge in [0.1, 0.15) is 12.0 Å². The van der Waals surface area contributed by atoms with E-state index in [-0.39, 0.29) is 6.04 Å². The number of fused-ring (bicyclic) bond motifs is 2. The largest absolute Gasteiger partial charge is 0.374 e. The third-order valence-electron chi connectivity index (χ3n) is 4.63. The molecule has 25 heavy (non-hydrogen) atoms. The van der Waals surface area contributed by atoms with Crippen LogP contribution in [0.2, 0.25) is 0 Å².